The van der Waals surface area contributed by atoms with Crippen molar-refractivity contribution in [3.05, 3.63) is 47.5 Å². The molecule has 8 heteroatoms. The van der Waals surface area contributed by atoms with E-state index < -0.39 is 10.0 Å². The van der Waals surface area contributed by atoms with Crippen molar-refractivity contribution in [3.8, 4) is 11.5 Å². The van der Waals surface area contributed by atoms with Crippen LogP contribution >= 0.6 is 11.8 Å². The van der Waals surface area contributed by atoms with Crippen molar-refractivity contribution in [2.24, 2.45) is 5.14 Å². The second-order valence-electron chi connectivity index (χ2n) is 6.88. The first-order valence-corrected chi connectivity index (χ1v) is 11.8. The van der Waals surface area contributed by atoms with E-state index >= 15 is 0 Å². The van der Waals surface area contributed by atoms with Gasteiger partial charge in [-0.2, -0.15) is 0 Å². The fraction of sp³-hybridized carbons (Fsp3) is 0.400. The molecule has 0 aliphatic heterocycles. The molecule has 0 saturated heterocycles. The molecule has 0 aromatic heterocycles. The maximum atomic E-state index is 11.7. The van der Waals surface area contributed by atoms with Crippen LogP contribution in [0.1, 0.15) is 17.5 Å². The molecule has 0 unspecified atom stereocenters. The lowest BCUT2D eigenvalue weighted by atomic mass is 10.2. The maximum absolute atomic E-state index is 11.7. The fourth-order valence-electron chi connectivity index (χ4n) is 2.76. The van der Waals surface area contributed by atoms with E-state index in [0.717, 1.165) is 30.6 Å². The molecule has 3 N–H and O–H groups in total. The molecular formula is C20H29N3O3S2. The molecule has 0 heterocycles. The molecule has 0 fully saturated rings. The van der Waals surface area contributed by atoms with Crippen molar-refractivity contribution in [3.63, 3.8) is 0 Å². The van der Waals surface area contributed by atoms with E-state index in [2.05, 4.69) is 10.2 Å². The number of thioether (sulfide) groups is 1. The van der Waals surface area contributed by atoms with Crippen molar-refractivity contribution >= 4 is 21.8 Å². The molecule has 2 aromatic carbocycles. The number of nitrogens with two attached hydrogens (primary N) is 1. The van der Waals surface area contributed by atoms with Crippen LogP contribution in [0.5, 0.6) is 11.5 Å². The highest BCUT2D eigenvalue weighted by molar-refractivity contribution is 7.98. The number of primary sulfonamides is 1. The number of rotatable bonds is 10. The van der Waals surface area contributed by atoms with E-state index in [1.807, 2.05) is 45.5 Å². The Labute approximate surface area is 172 Å². The molecule has 2 aromatic rings. The van der Waals surface area contributed by atoms with Crippen molar-refractivity contribution in [2.75, 3.05) is 33.4 Å². The second kappa shape index (κ2) is 10.3. The number of benzene rings is 2. The normalized spacial score (nSPS) is 11.8. The van der Waals surface area contributed by atoms with E-state index in [-0.39, 0.29) is 4.90 Å². The molecule has 0 saturated carbocycles. The molecule has 0 spiro atoms. The van der Waals surface area contributed by atoms with Gasteiger partial charge < -0.3 is 15.0 Å². The predicted octanol–water partition coefficient (Wildman–Crippen LogP) is 3.20. The average molecular weight is 424 g/mol. The summed E-state index contributed by atoms with van der Waals surface area (Å²) in [4.78, 5) is 3.40. The summed E-state index contributed by atoms with van der Waals surface area (Å²) in [7, 11) is 0.297. The van der Waals surface area contributed by atoms with Crippen LogP contribution in [0.3, 0.4) is 0 Å². The molecule has 0 amide bonds. The summed E-state index contributed by atoms with van der Waals surface area (Å²) in [5, 5.41) is 8.64. The molecule has 6 nitrogen and oxygen atoms in total. The zero-order chi connectivity index (χ0) is 20.7. The molecule has 0 aliphatic carbocycles. The highest BCUT2D eigenvalue weighted by atomic mass is 32.2. The quantitative estimate of drug-likeness (QED) is 0.451. The third-order valence-corrected chi connectivity index (χ3v) is 6.04. The zero-order valence-corrected chi connectivity index (χ0v) is 18.5. The summed E-state index contributed by atoms with van der Waals surface area (Å²) in [6.07, 6.45) is 3.03. The van der Waals surface area contributed by atoms with E-state index in [0.29, 0.717) is 18.0 Å². The monoisotopic (exact) mass is 423 g/mol. The predicted molar refractivity (Wildman–Crippen MR) is 116 cm³/mol. The molecular weight excluding hydrogens is 394 g/mol. The lowest BCUT2D eigenvalue weighted by molar-refractivity contribution is 0.393. The largest absolute Gasteiger partial charge is 0.457 e. The average Bonchev–Trinajstić information content (AvgIpc) is 2.61. The number of sulfonamides is 1. The molecule has 0 radical (unpaired) electrons. The molecule has 28 heavy (non-hydrogen) atoms. The lowest BCUT2D eigenvalue weighted by Crippen LogP contribution is -2.21. The topological polar surface area (TPSA) is 84.7 Å². The van der Waals surface area contributed by atoms with E-state index in [9.17, 15) is 8.42 Å². The Bertz CT molecular complexity index is 900. The van der Waals surface area contributed by atoms with Crippen LogP contribution in [0.2, 0.25) is 0 Å². The van der Waals surface area contributed by atoms with Crippen LogP contribution in [0.4, 0.5) is 0 Å². The van der Waals surface area contributed by atoms with Crippen molar-refractivity contribution in [2.45, 2.75) is 29.7 Å². The summed E-state index contributed by atoms with van der Waals surface area (Å²) in [6, 6.07) is 10.6. The van der Waals surface area contributed by atoms with Gasteiger partial charge in [-0.3, -0.25) is 0 Å². The van der Waals surface area contributed by atoms with Crippen LogP contribution in [-0.2, 0) is 16.6 Å². The smallest absolute Gasteiger partial charge is 0.238 e. The lowest BCUT2D eigenvalue weighted by Gasteiger charge is -2.15. The second-order valence-corrected chi connectivity index (χ2v) is 9.29. The Morgan fingerprint density at radius 2 is 1.93 bits per heavy atom. The Morgan fingerprint density at radius 1 is 1.18 bits per heavy atom. The fourth-order valence-corrected chi connectivity index (χ4v) is 3.90. The van der Waals surface area contributed by atoms with Gasteiger partial charge in [-0.15, -0.1) is 11.8 Å². The van der Waals surface area contributed by atoms with Crippen molar-refractivity contribution < 1.29 is 13.2 Å². The molecule has 0 atom stereocenters. The summed E-state index contributed by atoms with van der Waals surface area (Å²) < 4.78 is 29.5. The van der Waals surface area contributed by atoms with Gasteiger partial charge in [0.05, 0.1) is 4.90 Å². The van der Waals surface area contributed by atoms with E-state index in [1.54, 1.807) is 23.9 Å². The van der Waals surface area contributed by atoms with Gasteiger partial charge in [0, 0.05) is 17.0 Å². The molecule has 154 valence electrons. The summed E-state index contributed by atoms with van der Waals surface area (Å²) in [6.45, 7) is 4.33. The van der Waals surface area contributed by atoms with Crippen LogP contribution in [0.15, 0.2) is 46.2 Å². The minimum Gasteiger partial charge on any atom is -0.457 e. The number of hydrogen-bond donors (Lipinski definition) is 2. The van der Waals surface area contributed by atoms with Gasteiger partial charge in [0.15, 0.2) is 0 Å². The van der Waals surface area contributed by atoms with Crippen LogP contribution < -0.4 is 15.2 Å². The zero-order valence-electron chi connectivity index (χ0n) is 16.9. The van der Waals surface area contributed by atoms with Crippen LogP contribution in [-0.4, -0.2) is 46.8 Å². The first-order chi connectivity index (χ1) is 13.2. The van der Waals surface area contributed by atoms with Gasteiger partial charge >= 0.3 is 0 Å². The number of aryl methyl sites for hydroxylation is 1. The summed E-state index contributed by atoms with van der Waals surface area (Å²) in [5.41, 5.74) is 1.89. The minimum atomic E-state index is -3.77. The first kappa shape index (κ1) is 22.7. The van der Waals surface area contributed by atoms with Gasteiger partial charge in [0.2, 0.25) is 10.0 Å². The Morgan fingerprint density at radius 3 is 2.54 bits per heavy atom. The van der Waals surface area contributed by atoms with Gasteiger partial charge in [-0.25, -0.2) is 13.6 Å². The Kier molecular flexibility index (Phi) is 8.33. The molecule has 0 bridgehead atoms. The van der Waals surface area contributed by atoms with E-state index in [1.165, 1.54) is 11.0 Å². The molecule has 2 rings (SSSR count). The third-order valence-electron chi connectivity index (χ3n) is 4.23. The number of ether oxygens (including phenoxy) is 1. The standard InChI is InChI=1S/C20H29N3O3S2/c1-15-12-17(6-9-20(15)27-4)26-19-8-7-18(28(21,24)25)13-16(19)14-22-10-5-11-23(2)3/h6-9,12-13,22H,5,10-11,14H2,1-4H3,(H2,21,24,25). The molecule has 0 aliphatic rings. The highest BCUT2D eigenvalue weighted by Gasteiger charge is 2.13. The number of hydrogen-bond acceptors (Lipinski definition) is 6. The first-order valence-electron chi connectivity index (χ1n) is 9.04. The Balaban J connectivity index is 2.20. The third kappa shape index (κ3) is 6.79. The van der Waals surface area contributed by atoms with Crippen LogP contribution in [0.25, 0.3) is 0 Å². The number of nitrogens with one attached hydrogen (secondary N) is 1. The Hall–Kier alpha value is -1.58. The van der Waals surface area contributed by atoms with Crippen LogP contribution in [0, 0.1) is 6.92 Å². The van der Waals surface area contributed by atoms with Gasteiger partial charge in [-0.05, 0) is 88.7 Å². The SMILES string of the molecule is CSc1ccc(Oc2ccc(S(N)(=O)=O)cc2CNCCCN(C)C)cc1C. The van der Waals surface area contributed by atoms with Crippen molar-refractivity contribution in [1.29, 1.82) is 0 Å². The summed E-state index contributed by atoms with van der Waals surface area (Å²) >= 11 is 1.69. The summed E-state index contributed by atoms with van der Waals surface area (Å²) in [5.74, 6) is 1.33. The van der Waals surface area contributed by atoms with E-state index in [4.69, 9.17) is 9.88 Å². The van der Waals surface area contributed by atoms with Gasteiger partial charge in [-0.1, -0.05) is 0 Å². The minimum absolute atomic E-state index is 0.0823. The highest BCUT2D eigenvalue weighted by Crippen LogP contribution is 2.30. The van der Waals surface area contributed by atoms with Crippen molar-refractivity contribution in [1.82, 2.24) is 10.2 Å². The van der Waals surface area contributed by atoms with Gasteiger partial charge in [0.25, 0.3) is 0 Å². The number of nitrogens with zero attached hydrogens (tertiary/aromatic N) is 1. The van der Waals surface area contributed by atoms with Gasteiger partial charge in [0.1, 0.15) is 11.5 Å². The maximum Gasteiger partial charge on any atom is 0.238 e.